The van der Waals surface area contributed by atoms with Gasteiger partial charge in [-0.15, -0.1) is 0 Å². The van der Waals surface area contributed by atoms with E-state index >= 15 is 0 Å². The van der Waals surface area contributed by atoms with Crippen LogP contribution in [-0.2, 0) is 6.18 Å². The Bertz CT molecular complexity index is 639. The molecule has 0 spiro atoms. The maximum Gasteiger partial charge on any atom is 0.416 e. The molecule has 0 aliphatic carbocycles. The molecule has 0 radical (unpaired) electrons. The van der Waals surface area contributed by atoms with Crippen LogP contribution in [0.5, 0.6) is 0 Å². The molecule has 2 rings (SSSR count). The molecule has 0 saturated carbocycles. The van der Waals surface area contributed by atoms with Crippen LogP contribution < -0.4 is 5.32 Å². The normalized spacial score (nSPS) is 11.5. The van der Waals surface area contributed by atoms with Crippen LogP contribution in [0.4, 0.5) is 19.0 Å². The van der Waals surface area contributed by atoms with E-state index in [0.29, 0.717) is 23.8 Å². The van der Waals surface area contributed by atoms with E-state index in [2.05, 4.69) is 37.9 Å². The molecule has 1 aromatic carbocycles. The number of aromatic nitrogens is 2. The van der Waals surface area contributed by atoms with Crippen LogP contribution in [0.3, 0.4) is 0 Å². The Morgan fingerprint density at radius 2 is 1.76 bits per heavy atom. The number of nitrogens with zero attached hydrogens (tertiary/aromatic N) is 2. The fraction of sp³-hybridized carbons (Fsp3) is 0.286. The Balaban J connectivity index is 2.42. The molecule has 0 saturated heterocycles. The number of nitrogens with one attached hydrogen (secondary N) is 1. The van der Waals surface area contributed by atoms with Crippen molar-refractivity contribution >= 4 is 28.4 Å². The molecule has 3 nitrogen and oxygen atoms in total. The molecule has 0 bridgehead atoms. The first-order valence-corrected chi connectivity index (χ1v) is 7.36. The van der Waals surface area contributed by atoms with E-state index in [-0.39, 0.29) is 0 Å². The molecule has 7 heteroatoms. The first kappa shape index (κ1) is 16.0. The van der Waals surface area contributed by atoms with Gasteiger partial charge in [0.1, 0.15) is 5.82 Å². The Labute approximate surface area is 134 Å². The second-order valence-electron chi connectivity index (χ2n) is 4.40. The quantitative estimate of drug-likeness (QED) is 0.762. The van der Waals surface area contributed by atoms with E-state index in [0.717, 1.165) is 21.4 Å². The van der Waals surface area contributed by atoms with Gasteiger partial charge in [0.05, 0.1) is 14.8 Å². The summed E-state index contributed by atoms with van der Waals surface area (Å²) in [5.41, 5.74) is 0.665. The molecule has 1 heterocycles. The molecular formula is C14H13F3IN3. The third kappa shape index (κ3) is 3.63. The molecule has 0 fully saturated rings. The summed E-state index contributed by atoms with van der Waals surface area (Å²) < 4.78 is 38.6. The van der Waals surface area contributed by atoms with Gasteiger partial charge in [0, 0.05) is 12.1 Å². The molecule has 0 aliphatic rings. The summed E-state index contributed by atoms with van der Waals surface area (Å²) in [6.45, 7) is 4.50. The number of halogens is 4. The molecule has 0 unspecified atom stereocenters. The highest BCUT2D eigenvalue weighted by molar-refractivity contribution is 14.1. The smallest absolute Gasteiger partial charge is 0.369 e. The largest absolute Gasteiger partial charge is 0.416 e. The lowest BCUT2D eigenvalue weighted by Gasteiger charge is -2.11. The van der Waals surface area contributed by atoms with Gasteiger partial charge in [0.15, 0.2) is 5.82 Å². The van der Waals surface area contributed by atoms with Crippen molar-refractivity contribution in [3.8, 4) is 11.4 Å². The minimum absolute atomic E-state index is 0.414. The first-order chi connectivity index (χ1) is 9.82. The minimum Gasteiger partial charge on any atom is -0.369 e. The summed E-state index contributed by atoms with van der Waals surface area (Å²) in [7, 11) is 0. The maximum absolute atomic E-state index is 12.6. The third-order valence-electron chi connectivity index (χ3n) is 2.83. The van der Waals surface area contributed by atoms with Gasteiger partial charge in [0.2, 0.25) is 0 Å². The lowest BCUT2D eigenvalue weighted by atomic mass is 10.1. The summed E-state index contributed by atoms with van der Waals surface area (Å²) >= 11 is 2.14. The molecule has 0 atom stereocenters. The summed E-state index contributed by atoms with van der Waals surface area (Å²) in [4.78, 5) is 8.71. The molecule has 112 valence electrons. The van der Waals surface area contributed by atoms with Gasteiger partial charge < -0.3 is 5.32 Å². The third-order valence-corrected chi connectivity index (χ3v) is 4.12. The Morgan fingerprint density at radius 1 is 1.14 bits per heavy atom. The fourth-order valence-electron chi connectivity index (χ4n) is 1.78. The monoisotopic (exact) mass is 407 g/mol. The topological polar surface area (TPSA) is 37.8 Å². The van der Waals surface area contributed by atoms with Crippen LogP contribution in [0.1, 0.15) is 18.2 Å². The van der Waals surface area contributed by atoms with Crippen molar-refractivity contribution in [2.45, 2.75) is 20.0 Å². The number of rotatable bonds is 3. The molecule has 1 N–H and O–H groups in total. The van der Waals surface area contributed by atoms with Gasteiger partial charge in [-0.1, -0.05) is 12.1 Å². The van der Waals surface area contributed by atoms with Crippen LogP contribution in [-0.4, -0.2) is 16.5 Å². The van der Waals surface area contributed by atoms with Crippen molar-refractivity contribution in [1.29, 1.82) is 0 Å². The van der Waals surface area contributed by atoms with Crippen LogP contribution in [0.25, 0.3) is 11.4 Å². The van der Waals surface area contributed by atoms with E-state index in [1.807, 2.05) is 13.8 Å². The van der Waals surface area contributed by atoms with Gasteiger partial charge in [-0.2, -0.15) is 13.2 Å². The van der Waals surface area contributed by atoms with E-state index in [1.54, 1.807) is 0 Å². The molecule has 0 aliphatic heterocycles. The van der Waals surface area contributed by atoms with Crippen molar-refractivity contribution in [2.24, 2.45) is 0 Å². The van der Waals surface area contributed by atoms with E-state index in [9.17, 15) is 13.2 Å². The lowest BCUT2D eigenvalue weighted by molar-refractivity contribution is -0.137. The van der Waals surface area contributed by atoms with Gasteiger partial charge >= 0.3 is 6.18 Å². The Hall–Kier alpha value is -1.38. The summed E-state index contributed by atoms with van der Waals surface area (Å²) in [6, 6.07) is 4.86. The number of alkyl halides is 3. The number of hydrogen-bond acceptors (Lipinski definition) is 3. The molecule has 21 heavy (non-hydrogen) atoms. The highest BCUT2D eigenvalue weighted by Gasteiger charge is 2.30. The standard InChI is InChI=1S/C14H13F3IN3/c1-3-19-13-11(18)8(2)20-12(21-13)9-4-6-10(7-5-9)14(15,16)17/h4-7H,3H2,1-2H3,(H,19,20,21). The lowest BCUT2D eigenvalue weighted by Crippen LogP contribution is -2.07. The zero-order valence-electron chi connectivity index (χ0n) is 11.4. The predicted molar refractivity (Wildman–Crippen MR) is 84.1 cm³/mol. The van der Waals surface area contributed by atoms with Crippen molar-refractivity contribution in [1.82, 2.24) is 9.97 Å². The van der Waals surface area contributed by atoms with Crippen molar-refractivity contribution in [3.05, 3.63) is 39.1 Å². The van der Waals surface area contributed by atoms with E-state index < -0.39 is 11.7 Å². The van der Waals surface area contributed by atoms with E-state index in [1.165, 1.54) is 12.1 Å². The van der Waals surface area contributed by atoms with Crippen molar-refractivity contribution in [2.75, 3.05) is 11.9 Å². The summed E-state index contributed by atoms with van der Waals surface area (Å²) in [6.07, 6.45) is -4.34. The van der Waals surface area contributed by atoms with Crippen molar-refractivity contribution in [3.63, 3.8) is 0 Å². The van der Waals surface area contributed by atoms with E-state index in [4.69, 9.17) is 0 Å². The van der Waals surface area contributed by atoms with Gasteiger partial charge in [0.25, 0.3) is 0 Å². The molecule has 1 aromatic heterocycles. The number of anilines is 1. The Kier molecular flexibility index (Phi) is 4.70. The maximum atomic E-state index is 12.6. The minimum atomic E-state index is -4.34. The predicted octanol–water partition coefficient (Wildman–Crippen LogP) is 4.51. The SMILES string of the molecule is CCNc1nc(-c2ccc(C(F)(F)F)cc2)nc(C)c1I. The highest BCUT2D eigenvalue weighted by atomic mass is 127. The molecule has 0 amide bonds. The average molecular weight is 407 g/mol. The zero-order valence-corrected chi connectivity index (χ0v) is 13.6. The fourth-order valence-corrected chi connectivity index (χ4v) is 2.21. The van der Waals surface area contributed by atoms with Gasteiger partial charge in [-0.3, -0.25) is 0 Å². The van der Waals surface area contributed by atoms with Crippen LogP contribution in [0.15, 0.2) is 24.3 Å². The molecular weight excluding hydrogens is 394 g/mol. The number of aryl methyl sites for hydroxylation is 1. The first-order valence-electron chi connectivity index (χ1n) is 6.28. The Morgan fingerprint density at radius 3 is 2.29 bits per heavy atom. The van der Waals surface area contributed by atoms with Gasteiger partial charge in [-0.05, 0) is 48.6 Å². The van der Waals surface area contributed by atoms with Crippen LogP contribution in [0, 0.1) is 10.5 Å². The van der Waals surface area contributed by atoms with Crippen LogP contribution in [0.2, 0.25) is 0 Å². The second kappa shape index (κ2) is 6.17. The van der Waals surface area contributed by atoms with Crippen molar-refractivity contribution < 1.29 is 13.2 Å². The second-order valence-corrected chi connectivity index (χ2v) is 5.48. The zero-order chi connectivity index (χ0) is 15.6. The number of benzene rings is 1. The summed E-state index contributed by atoms with van der Waals surface area (Å²) in [5, 5.41) is 3.12. The molecule has 2 aromatic rings. The summed E-state index contributed by atoms with van der Waals surface area (Å²) in [5.74, 6) is 1.11. The van der Waals surface area contributed by atoms with Crippen LogP contribution >= 0.6 is 22.6 Å². The highest BCUT2D eigenvalue weighted by Crippen LogP contribution is 2.31. The van der Waals surface area contributed by atoms with Gasteiger partial charge in [-0.25, -0.2) is 9.97 Å². The average Bonchev–Trinajstić information content (AvgIpc) is 2.43. The number of hydrogen-bond donors (Lipinski definition) is 1.